The molecule has 1 amide bonds. The monoisotopic (exact) mass is 388 g/mol. The normalized spacial score (nSPS) is 15.1. The Morgan fingerprint density at radius 1 is 1.10 bits per heavy atom. The van der Waals surface area contributed by atoms with Crippen molar-refractivity contribution in [2.45, 2.75) is 25.8 Å². The standard InChI is InChI=1S/C23H24N4O2/c1-16-15-18-5-3-4-6-21(18)27(16)22-12-11-20(25-26-22)23(28)24-14-13-17-7-9-19(29-2)10-8-17/h3-12,16H,13-15H2,1-2H3,(H,24,28). The van der Waals surface area contributed by atoms with Crippen LogP contribution >= 0.6 is 0 Å². The SMILES string of the molecule is COc1ccc(CCNC(=O)c2ccc(N3c4ccccc4CC3C)nn2)cc1. The van der Waals surface area contributed by atoms with Crippen molar-refractivity contribution < 1.29 is 9.53 Å². The van der Waals surface area contributed by atoms with Crippen LogP contribution in [0.15, 0.2) is 60.7 Å². The summed E-state index contributed by atoms with van der Waals surface area (Å²) in [7, 11) is 1.64. The number of ether oxygens (including phenoxy) is 1. The first-order valence-corrected chi connectivity index (χ1v) is 9.77. The van der Waals surface area contributed by atoms with E-state index in [1.165, 1.54) is 5.56 Å². The highest BCUT2D eigenvalue weighted by Gasteiger charge is 2.28. The van der Waals surface area contributed by atoms with Crippen LogP contribution in [0.4, 0.5) is 11.5 Å². The molecule has 3 aromatic rings. The molecule has 0 bridgehead atoms. The van der Waals surface area contributed by atoms with Crippen molar-refractivity contribution >= 4 is 17.4 Å². The van der Waals surface area contributed by atoms with Gasteiger partial charge in [0.25, 0.3) is 5.91 Å². The van der Waals surface area contributed by atoms with Gasteiger partial charge < -0.3 is 15.0 Å². The summed E-state index contributed by atoms with van der Waals surface area (Å²) >= 11 is 0. The highest BCUT2D eigenvalue weighted by molar-refractivity contribution is 5.92. The number of nitrogens with zero attached hydrogens (tertiary/aromatic N) is 3. The molecule has 0 saturated heterocycles. The van der Waals surface area contributed by atoms with Crippen molar-refractivity contribution in [1.82, 2.24) is 15.5 Å². The molecule has 2 heterocycles. The molecule has 0 radical (unpaired) electrons. The number of hydrogen-bond acceptors (Lipinski definition) is 5. The molecule has 0 spiro atoms. The summed E-state index contributed by atoms with van der Waals surface area (Å²) in [4.78, 5) is 14.6. The van der Waals surface area contributed by atoms with E-state index >= 15 is 0 Å². The predicted octanol–water partition coefficient (Wildman–Crippen LogP) is 3.54. The van der Waals surface area contributed by atoms with E-state index in [0.29, 0.717) is 18.3 Å². The predicted molar refractivity (Wildman–Crippen MR) is 113 cm³/mol. The maximum atomic E-state index is 12.4. The summed E-state index contributed by atoms with van der Waals surface area (Å²) < 4.78 is 5.15. The lowest BCUT2D eigenvalue weighted by Gasteiger charge is -2.23. The molecule has 148 valence electrons. The van der Waals surface area contributed by atoms with E-state index in [1.54, 1.807) is 13.2 Å². The molecular weight excluding hydrogens is 364 g/mol. The zero-order chi connectivity index (χ0) is 20.2. The third-order valence-electron chi connectivity index (χ3n) is 5.20. The summed E-state index contributed by atoms with van der Waals surface area (Å²) in [5.74, 6) is 1.37. The molecule has 29 heavy (non-hydrogen) atoms. The maximum absolute atomic E-state index is 12.4. The number of carbonyl (C=O) groups excluding carboxylic acids is 1. The summed E-state index contributed by atoms with van der Waals surface area (Å²) in [5, 5.41) is 11.4. The molecule has 0 fully saturated rings. The van der Waals surface area contributed by atoms with Gasteiger partial charge in [0.05, 0.1) is 7.11 Å². The highest BCUT2D eigenvalue weighted by atomic mass is 16.5. The van der Waals surface area contributed by atoms with E-state index in [4.69, 9.17) is 4.74 Å². The number of aromatic nitrogens is 2. The van der Waals surface area contributed by atoms with Crippen LogP contribution in [0.3, 0.4) is 0 Å². The quantitative estimate of drug-likeness (QED) is 0.700. The second-order valence-corrected chi connectivity index (χ2v) is 7.18. The van der Waals surface area contributed by atoms with Gasteiger partial charge in [-0.25, -0.2) is 0 Å². The molecule has 1 aliphatic heterocycles. The van der Waals surface area contributed by atoms with Crippen LogP contribution < -0.4 is 15.0 Å². The van der Waals surface area contributed by atoms with Crippen molar-refractivity contribution in [1.29, 1.82) is 0 Å². The van der Waals surface area contributed by atoms with Crippen molar-refractivity contribution in [3.05, 3.63) is 77.5 Å². The molecule has 1 aromatic heterocycles. The molecular formula is C23H24N4O2. The Hall–Kier alpha value is -3.41. The Labute approximate surface area is 170 Å². The van der Waals surface area contributed by atoms with E-state index in [-0.39, 0.29) is 5.91 Å². The number of hydrogen-bond donors (Lipinski definition) is 1. The first-order chi connectivity index (χ1) is 14.2. The van der Waals surface area contributed by atoms with Crippen LogP contribution in [0.5, 0.6) is 5.75 Å². The number of benzene rings is 2. The highest BCUT2D eigenvalue weighted by Crippen LogP contribution is 2.36. The molecule has 6 heteroatoms. The summed E-state index contributed by atoms with van der Waals surface area (Å²) in [5.41, 5.74) is 3.92. The smallest absolute Gasteiger partial charge is 0.271 e. The summed E-state index contributed by atoms with van der Waals surface area (Å²) in [6.07, 6.45) is 1.72. The first kappa shape index (κ1) is 18.9. The van der Waals surface area contributed by atoms with Crippen LogP contribution in [-0.4, -0.2) is 35.8 Å². The average molecular weight is 388 g/mol. The third-order valence-corrected chi connectivity index (χ3v) is 5.20. The fourth-order valence-corrected chi connectivity index (χ4v) is 3.69. The second-order valence-electron chi connectivity index (χ2n) is 7.18. The minimum atomic E-state index is -0.215. The van der Waals surface area contributed by atoms with Crippen LogP contribution in [0.2, 0.25) is 0 Å². The number of methoxy groups -OCH3 is 1. The van der Waals surface area contributed by atoms with E-state index in [1.807, 2.05) is 36.4 Å². The molecule has 4 rings (SSSR count). The number of anilines is 2. The molecule has 6 nitrogen and oxygen atoms in total. The van der Waals surface area contributed by atoms with Crippen LogP contribution in [0.1, 0.15) is 28.5 Å². The van der Waals surface area contributed by atoms with Gasteiger partial charge in [0, 0.05) is 18.3 Å². The Balaban J connectivity index is 1.37. The maximum Gasteiger partial charge on any atom is 0.271 e. The molecule has 0 saturated carbocycles. The number of para-hydroxylation sites is 1. The van der Waals surface area contributed by atoms with E-state index in [0.717, 1.165) is 35.7 Å². The fourth-order valence-electron chi connectivity index (χ4n) is 3.69. The van der Waals surface area contributed by atoms with E-state index in [9.17, 15) is 4.79 Å². The second kappa shape index (κ2) is 8.31. The first-order valence-electron chi connectivity index (χ1n) is 9.77. The van der Waals surface area contributed by atoms with Crippen LogP contribution in [-0.2, 0) is 12.8 Å². The Kier molecular flexibility index (Phi) is 5.42. The lowest BCUT2D eigenvalue weighted by Crippen LogP contribution is -2.28. The van der Waals surface area contributed by atoms with Crippen molar-refractivity contribution in [3.8, 4) is 5.75 Å². The third kappa shape index (κ3) is 4.06. The Bertz CT molecular complexity index is 987. The lowest BCUT2D eigenvalue weighted by atomic mass is 10.1. The number of rotatable bonds is 6. The topological polar surface area (TPSA) is 67.3 Å². The van der Waals surface area contributed by atoms with Gasteiger partial charge in [-0.1, -0.05) is 30.3 Å². The largest absolute Gasteiger partial charge is 0.497 e. The van der Waals surface area contributed by atoms with E-state index in [2.05, 4.69) is 45.5 Å². The Morgan fingerprint density at radius 3 is 2.62 bits per heavy atom. The zero-order valence-corrected chi connectivity index (χ0v) is 16.6. The summed E-state index contributed by atoms with van der Waals surface area (Å²) in [6.45, 7) is 2.70. The van der Waals surface area contributed by atoms with Gasteiger partial charge >= 0.3 is 0 Å². The minimum Gasteiger partial charge on any atom is -0.497 e. The van der Waals surface area contributed by atoms with Gasteiger partial charge in [0.2, 0.25) is 0 Å². The van der Waals surface area contributed by atoms with Gasteiger partial charge in [0.15, 0.2) is 11.5 Å². The van der Waals surface area contributed by atoms with Crippen molar-refractivity contribution in [3.63, 3.8) is 0 Å². The molecule has 1 unspecified atom stereocenters. The minimum absolute atomic E-state index is 0.215. The zero-order valence-electron chi connectivity index (χ0n) is 16.6. The van der Waals surface area contributed by atoms with Gasteiger partial charge in [-0.2, -0.15) is 0 Å². The molecule has 2 aromatic carbocycles. The average Bonchev–Trinajstić information content (AvgIpc) is 3.10. The van der Waals surface area contributed by atoms with Gasteiger partial charge in [-0.15, -0.1) is 10.2 Å². The number of fused-ring (bicyclic) bond motifs is 1. The van der Waals surface area contributed by atoms with Gasteiger partial charge in [-0.05, 0) is 61.2 Å². The van der Waals surface area contributed by atoms with Crippen molar-refractivity contribution in [2.24, 2.45) is 0 Å². The number of amides is 1. The molecule has 0 aliphatic carbocycles. The lowest BCUT2D eigenvalue weighted by molar-refractivity contribution is 0.0948. The van der Waals surface area contributed by atoms with Gasteiger partial charge in [-0.3, -0.25) is 4.79 Å². The van der Waals surface area contributed by atoms with Crippen molar-refractivity contribution in [2.75, 3.05) is 18.6 Å². The van der Waals surface area contributed by atoms with Crippen LogP contribution in [0.25, 0.3) is 0 Å². The molecule has 1 aliphatic rings. The van der Waals surface area contributed by atoms with Gasteiger partial charge in [0.1, 0.15) is 5.75 Å². The van der Waals surface area contributed by atoms with E-state index < -0.39 is 0 Å². The number of carbonyl (C=O) groups is 1. The number of nitrogens with one attached hydrogen (secondary N) is 1. The fraction of sp³-hybridized carbons (Fsp3) is 0.261. The molecule has 1 atom stereocenters. The summed E-state index contributed by atoms with van der Waals surface area (Å²) in [6, 6.07) is 20.1. The molecule has 1 N–H and O–H groups in total. The van der Waals surface area contributed by atoms with Crippen LogP contribution in [0, 0.1) is 0 Å². The Morgan fingerprint density at radius 2 is 1.90 bits per heavy atom.